The normalized spacial score (nSPS) is 15.9. The third kappa shape index (κ3) is 5.93. The highest BCUT2D eigenvalue weighted by atomic mass is 35.5. The molecule has 3 N–H and O–H groups in total. The topological polar surface area (TPSA) is 73.6 Å². The van der Waals surface area contributed by atoms with Crippen LogP contribution in [0.25, 0.3) is 0 Å². The average Bonchev–Trinajstić information content (AvgIpc) is 3.15. The van der Waals surface area contributed by atoms with Crippen molar-refractivity contribution in [2.45, 2.75) is 25.4 Å². The summed E-state index contributed by atoms with van der Waals surface area (Å²) in [5.74, 6) is 0.676. The lowest BCUT2D eigenvalue weighted by Gasteiger charge is -2.12. The lowest BCUT2D eigenvalue weighted by atomic mass is 10.1. The Labute approximate surface area is 160 Å². The van der Waals surface area contributed by atoms with Crippen molar-refractivity contribution >= 4 is 24.0 Å². The summed E-state index contributed by atoms with van der Waals surface area (Å²) >= 11 is 0. The molecule has 1 aliphatic rings. The predicted octanol–water partition coefficient (Wildman–Crippen LogP) is 3.22. The third-order valence-corrected chi connectivity index (χ3v) is 4.26. The molecule has 2 aromatic carbocycles. The van der Waals surface area contributed by atoms with E-state index in [4.69, 9.17) is 15.2 Å². The van der Waals surface area contributed by atoms with Crippen LogP contribution in [0, 0.1) is 0 Å². The quantitative estimate of drug-likeness (QED) is 0.727. The van der Waals surface area contributed by atoms with Crippen molar-refractivity contribution in [3.63, 3.8) is 0 Å². The maximum absolute atomic E-state index is 12.2. The summed E-state index contributed by atoms with van der Waals surface area (Å²) in [5.41, 5.74) is 8.18. The van der Waals surface area contributed by atoms with Gasteiger partial charge in [-0.25, -0.2) is 0 Å². The van der Waals surface area contributed by atoms with Crippen LogP contribution < -0.4 is 15.8 Å². The van der Waals surface area contributed by atoms with Gasteiger partial charge < -0.3 is 20.5 Å². The Balaban J connectivity index is 0.00000243. The van der Waals surface area contributed by atoms with Crippen molar-refractivity contribution in [1.29, 1.82) is 0 Å². The first-order valence-electron chi connectivity index (χ1n) is 8.68. The molecule has 3 rings (SSSR count). The fourth-order valence-corrected chi connectivity index (χ4v) is 2.77. The first-order valence-corrected chi connectivity index (χ1v) is 8.68. The van der Waals surface area contributed by atoms with Crippen LogP contribution in [-0.2, 0) is 11.2 Å². The summed E-state index contributed by atoms with van der Waals surface area (Å²) in [6.45, 7) is 1.97. The summed E-state index contributed by atoms with van der Waals surface area (Å²) in [7, 11) is 0. The predicted molar refractivity (Wildman–Crippen MR) is 105 cm³/mol. The van der Waals surface area contributed by atoms with Crippen molar-refractivity contribution < 1.29 is 14.3 Å². The first kappa shape index (κ1) is 20.1. The fourth-order valence-electron chi connectivity index (χ4n) is 2.77. The SMILES string of the molecule is Cl.Nc1ccc(CCNC(=O)c2ccc(OCC3CCCO3)cc2)cc1. The Hall–Kier alpha value is -2.24. The van der Waals surface area contributed by atoms with Gasteiger partial charge in [0.2, 0.25) is 0 Å². The van der Waals surface area contributed by atoms with E-state index in [-0.39, 0.29) is 24.4 Å². The Kier molecular flexibility index (Phi) is 7.75. The molecule has 1 aliphatic heterocycles. The number of anilines is 1. The lowest BCUT2D eigenvalue weighted by molar-refractivity contribution is 0.0679. The Morgan fingerprint density at radius 2 is 1.88 bits per heavy atom. The zero-order chi connectivity index (χ0) is 17.5. The van der Waals surface area contributed by atoms with Crippen molar-refractivity contribution in [2.24, 2.45) is 0 Å². The van der Waals surface area contributed by atoms with E-state index in [2.05, 4.69) is 5.32 Å². The van der Waals surface area contributed by atoms with Crippen LogP contribution in [0.15, 0.2) is 48.5 Å². The molecule has 1 unspecified atom stereocenters. The second-order valence-corrected chi connectivity index (χ2v) is 6.22. The summed E-state index contributed by atoms with van der Waals surface area (Å²) in [4.78, 5) is 12.2. The number of amides is 1. The summed E-state index contributed by atoms with van der Waals surface area (Å²) in [5, 5.41) is 2.93. The molecule has 5 nitrogen and oxygen atoms in total. The van der Waals surface area contributed by atoms with Gasteiger partial charge in [0.05, 0.1) is 6.10 Å². The molecule has 2 aromatic rings. The van der Waals surface area contributed by atoms with Crippen LogP contribution in [0.3, 0.4) is 0 Å². The van der Waals surface area contributed by atoms with Crippen LogP contribution in [0.2, 0.25) is 0 Å². The van der Waals surface area contributed by atoms with E-state index in [0.717, 1.165) is 42.9 Å². The van der Waals surface area contributed by atoms with Gasteiger partial charge in [-0.3, -0.25) is 4.79 Å². The minimum atomic E-state index is -0.0823. The summed E-state index contributed by atoms with van der Waals surface area (Å²) < 4.78 is 11.2. The molecule has 1 atom stereocenters. The molecule has 1 saturated heterocycles. The van der Waals surface area contributed by atoms with Crippen LogP contribution in [0.4, 0.5) is 5.69 Å². The number of carbonyl (C=O) groups excluding carboxylic acids is 1. The van der Waals surface area contributed by atoms with Crippen molar-refractivity contribution in [1.82, 2.24) is 5.32 Å². The standard InChI is InChI=1S/C20H24N2O3.ClH/c21-17-7-3-15(4-8-17)11-12-22-20(23)16-5-9-18(10-6-16)25-14-19-2-1-13-24-19;/h3-10,19H,1-2,11-14,21H2,(H,22,23);1H. The van der Waals surface area contributed by atoms with Crippen molar-refractivity contribution in [3.05, 3.63) is 59.7 Å². The number of ether oxygens (including phenoxy) is 2. The van der Waals surface area contributed by atoms with Crippen molar-refractivity contribution in [3.8, 4) is 5.75 Å². The molecule has 140 valence electrons. The van der Waals surface area contributed by atoms with E-state index in [1.807, 2.05) is 36.4 Å². The van der Waals surface area contributed by atoms with Crippen LogP contribution in [0.5, 0.6) is 5.75 Å². The minimum absolute atomic E-state index is 0. The van der Waals surface area contributed by atoms with Gasteiger partial charge in [-0.15, -0.1) is 12.4 Å². The number of carbonyl (C=O) groups is 1. The van der Waals surface area contributed by atoms with Crippen molar-refractivity contribution in [2.75, 3.05) is 25.5 Å². The highest BCUT2D eigenvalue weighted by Crippen LogP contribution is 2.16. The van der Waals surface area contributed by atoms with Crippen LogP contribution in [-0.4, -0.2) is 31.8 Å². The maximum atomic E-state index is 12.2. The van der Waals surface area contributed by atoms with E-state index < -0.39 is 0 Å². The van der Waals surface area contributed by atoms with Gasteiger partial charge in [0.25, 0.3) is 5.91 Å². The Morgan fingerprint density at radius 3 is 2.54 bits per heavy atom. The number of rotatable bonds is 7. The Morgan fingerprint density at radius 1 is 1.15 bits per heavy atom. The molecule has 1 fully saturated rings. The number of hydrogen-bond donors (Lipinski definition) is 2. The molecule has 6 heteroatoms. The monoisotopic (exact) mass is 376 g/mol. The molecular formula is C20H25ClN2O3. The largest absolute Gasteiger partial charge is 0.491 e. The van der Waals surface area contributed by atoms with Gasteiger partial charge in [0, 0.05) is 24.4 Å². The molecule has 26 heavy (non-hydrogen) atoms. The van der Waals surface area contributed by atoms with E-state index in [0.29, 0.717) is 18.7 Å². The highest BCUT2D eigenvalue weighted by molar-refractivity contribution is 5.94. The van der Waals surface area contributed by atoms with Gasteiger partial charge in [-0.1, -0.05) is 12.1 Å². The fraction of sp³-hybridized carbons (Fsp3) is 0.350. The molecule has 0 aliphatic carbocycles. The van der Waals surface area contributed by atoms with E-state index in [1.165, 1.54) is 0 Å². The maximum Gasteiger partial charge on any atom is 0.251 e. The van der Waals surface area contributed by atoms with Crippen LogP contribution >= 0.6 is 12.4 Å². The number of nitrogens with two attached hydrogens (primary N) is 1. The molecule has 1 amide bonds. The molecule has 0 spiro atoms. The number of nitrogen functional groups attached to an aromatic ring is 1. The van der Waals surface area contributed by atoms with Gasteiger partial charge in [-0.05, 0) is 61.2 Å². The third-order valence-electron chi connectivity index (χ3n) is 4.26. The molecular weight excluding hydrogens is 352 g/mol. The zero-order valence-electron chi connectivity index (χ0n) is 14.6. The first-order chi connectivity index (χ1) is 12.2. The summed E-state index contributed by atoms with van der Waals surface area (Å²) in [6.07, 6.45) is 3.11. The van der Waals surface area contributed by atoms with E-state index in [9.17, 15) is 4.79 Å². The van der Waals surface area contributed by atoms with E-state index in [1.54, 1.807) is 12.1 Å². The molecule has 0 bridgehead atoms. The smallest absolute Gasteiger partial charge is 0.251 e. The molecule has 0 aromatic heterocycles. The number of benzene rings is 2. The van der Waals surface area contributed by atoms with E-state index >= 15 is 0 Å². The van der Waals surface area contributed by atoms with Gasteiger partial charge >= 0.3 is 0 Å². The molecule has 1 heterocycles. The van der Waals surface area contributed by atoms with Gasteiger partial charge in [-0.2, -0.15) is 0 Å². The minimum Gasteiger partial charge on any atom is -0.491 e. The zero-order valence-corrected chi connectivity index (χ0v) is 15.5. The molecule has 0 radical (unpaired) electrons. The number of halogens is 1. The second-order valence-electron chi connectivity index (χ2n) is 6.22. The second kappa shape index (κ2) is 10.0. The number of hydrogen-bond acceptors (Lipinski definition) is 4. The Bertz CT molecular complexity index is 683. The van der Waals surface area contributed by atoms with Gasteiger partial charge in [0.15, 0.2) is 0 Å². The highest BCUT2D eigenvalue weighted by Gasteiger charge is 2.16. The number of nitrogens with one attached hydrogen (secondary N) is 1. The molecule has 0 saturated carbocycles. The average molecular weight is 377 g/mol. The van der Waals surface area contributed by atoms with Crippen LogP contribution in [0.1, 0.15) is 28.8 Å². The van der Waals surface area contributed by atoms with Gasteiger partial charge in [0.1, 0.15) is 12.4 Å². The lowest BCUT2D eigenvalue weighted by Crippen LogP contribution is -2.25. The summed E-state index contributed by atoms with van der Waals surface area (Å²) in [6, 6.07) is 14.9.